The van der Waals surface area contributed by atoms with Crippen molar-refractivity contribution in [3.63, 3.8) is 0 Å². The standard InChI is InChI=1S/C13H11NO4/c14-13(16)8-17-10-3-1-9(2-4-10)12-6-5-11(7-15)18-12/h1-7H,8H2,(H2,14,16). The molecule has 92 valence electrons. The minimum Gasteiger partial charge on any atom is -0.484 e. The molecule has 1 amide bonds. The molecule has 1 heterocycles. The highest BCUT2D eigenvalue weighted by molar-refractivity contribution is 5.75. The lowest BCUT2D eigenvalue weighted by Crippen LogP contribution is -2.19. The molecule has 0 aliphatic rings. The number of benzene rings is 1. The molecule has 0 saturated carbocycles. The minimum absolute atomic E-state index is 0.157. The van der Waals surface area contributed by atoms with Crippen LogP contribution in [0.25, 0.3) is 11.3 Å². The van der Waals surface area contributed by atoms with Crippen molar-refractivity contribution in [2.45, 2.75) is 0 Å². The molecule has 0 aliphatic heterocycles. The van der Waals surface area contributed by atoms with Gasteiger partial charge in [0.05, 0.1) is 0 Å². The second-order valence-electron chi connectivity index (χ2n) is 3.60. The normalized spacial score (nSPS) is 10.0. The van der Waals surface area contributed by atoms with E-state index in [2.05, 4.69) is 0 Å². The zero-order chi connectivity index (χ0) is 13.0. The smallest absolute Gasteiger partial charge is 0.255 e. The molecule has 0 radical (unpaired) electrons. The zero-order valence-electron chi connectivity index (χ0n) is 9.46. The third-order valence-corrected chi connectivity index (χ3v) is 2.26. The molecule has 0 atom stereocenters. The molecule has 2 rings (SSSR count). The molecule has 1 aromatic heterocycles. The van der Waals surface area contributed by atoms with E-state index in [1.165, 1.54) is 0 Å². The fraction of sp³-hybridized carbons (Fsp3) is 0.0769. The molecule has 2 N–H and O–H groups in total. The summed E-state index contributed by atoms with van der Waals surface area (Å²) in [5, 5.41) is 0. The van der Waals surface area contributed by atoms with Crippen LogP contribution < -0.4 is 10.5 Å². The maximum Gasteiger partial charge on any atom is 0.255 e. The van der Waals surface area contributed by atoms with Gasteiger partial charge in [-0.25, -0.2) is 0 Å². The molecular formula is C13H11NO4. The first-order chi connectivity index (χ1) is 8.69. The first-order valence-corrected chi connectivity index (χ1v) is 5.25. The number of carbonyl (C=O) groups is 2. The highest BCUT2D eigenvalue weighted by Crippen LogP contribution is 2.23. The lowest BCUT2D eigenvalue weighted by atomic mass is 10.2. The van der Waals surface area contributed by atoms with Gasteiger partial charge in [-0.3, -0.25) is 9.59 Å². The number of nitrogens with two attached hydrogens (primary N) is 1. The Morgan fingerprint density at radius 2 is 1.94 bits per heavy atom. The topological polar surface area (TPSA) is 82.5 Å². The molecule has 2 aromatic rings. The van der Waals surface area contributed by atoms with Crippen molar-refractivity contribution in [1.82, 2.24) is 0 Å². The van der Waals surface area contributed by atoms with Gasteiger partial charge in [0.25, 0.3) is 5.91 Å². The second kappa shape index (κ2) is 5.18. The summed E-state index contributed by atoms with van der Waals surface area (Å²) < 4.78 is 10.4. The Morgan fingerprint density at radius 3 is 2.50 bits per heavy atom. The Kier molecular flexibility index (Phi) is 3.43. The van der Waals surface area contributed by atoms with E-state index in [1.54, 1.807) is 36.4 Å². The van der Waals surface area contributed by atoms with Crippen LogP contribution in [0, 0.1) is 0 Å². The van der Waals surface area contributed by atoms with Crippen LogP contribution in [-0.4, -0.2) is 18.8 Å². The fourth-order valence-electron chi connectivity index (χ4n) is 1.44. The predicted octanol–water partition coefficient (Wildman–Crippen LogP) is 1.62. The third kappa shape index (κ3) is 2.76. The first kappa shape index (κ1) is 11.9. The van der Waals surface area contributed by atoms with Crippen LogP contribution in [0.3, 0.4) is 0 Å². The second-order valence-corrected chi connectivity index (χ2v) is 3.60. The third-order valence-electron chi connectivity index (χ3n) is 2.26. The Hall–Kier alpha value is -2.56. The van der Waals surface area contributed by atoms with Crippen molar-refractivity contribution in [1.29, 1.82) is 0 Å². The highest BCUT2D eigenvalue weighted by Gasteiger charge is 2.04. The van der Waals surface area contributed by atoms with Gasteiger partial charge in [-0.2, -0.15) is 0 Å². The Labute approximate surface area is 103 Å². The molecule has 18 heavy (non-hydrogen) atoms. The van der Waals surface area contributed by atoms with Crippen molar-refractivity contribution >= 4 is 12.2 Å². The van der Waals surface area contributed by atoms with Gasteiger partial charge in [0, 0.05) is 5.56 Å². The number of rotatable bonds is 5. The number of carbonyl (C=O) groups excluding carboxylic acids is 2. The van der Waals surface area contributed by atoms with Crippen LogP contribution in [-0.2, 0) is 4.79 Å². The molecule has 0 fully saturated rings. The van der Waals surface area contributed by atoms with Crippen molar-refractivity contribution < 1.29 is 18.7 Å². The monoisotopic (exact) mass is 245 g/mol. The SMILES string of the molecule is NC(=O)COc1ccc(-c2ccc(C=O)o2)cc1. The van der Waals surface area contributed by atoms with Crippen LogP contribution in [0.15, 0.2) is 40.8 Å². The van der Waals surface area contributed by atoms with Crippen LogP contribution in [0.1, 0.15) is 10.6 Å². The van der Waals surface area contributed by atoms with Crippen LogP contribution in [0.4, 0.5) is 0 Å². The summed E-state index contributed by atoms with van der Waals surface area (Å²) in [6.45, 7) is -0.157. The zero-order valence-corrected chi connectivity index (χ0v) is 9.46. The van der Waals surface area contributed by atoms with Gasteiger partial charge in [-0.1, -0.05) is 0 Å². The maximum atomic E-state index is 10.5. The Bertz CT molecular complexity index is 557. The number of primary amides is 1. The van der Waals surface area contributed by atoms with Gasteiger partial charge in [-0.05, 0) is 36.4 Å². The number of furan rings is 1. The van der Waals surface area contributed by atoms with Crippen molar-refractivity contribution in [2.75, 3.05) is 6.61 Å². The van der Waals surface area contributed by atoms with Gasteiger partial charge in [-0.15, -0.1) is 0 Å². The summed E-state index contributed by atoms with van der Waals surface area (Å²) in [6.07, 6.45) is 0.647. The lowest BCUT2D eigenvalue weighted by molar-refractivity contribution is -0.119. The quantitative estimate of drug-likeness (QED) is 0.811. The van der Waals surface area contributed by atoms with E-state index >= 15 is 0 Å². The van der Waals surface area contributed by atoms with Crippen LogP contribution >= 0.6 is 0 Å². The van der Waals surface area contributed by atoms with Gasteiger partial charge in [0.2, 0.25) is 0 Å². The van der Waals surface area contributed by atoms with E-state index in [1.807, 2.05) is 0 Å². The molecule has 0 saturated heterocycles. The van der Waals surface area contributed by atoms with Crippen LogP contribution in [0.5, 0.6) is 5.75 Å². The van der Waals surface area contributed by atoms with Crippen molar-refractivity contribution in [3.05, 3.63) is 42.2 Å². The number of ether oxygens (including phenoxy) is 1. The molecule has 5 nitrogen and oxygen atoms in total. The van der Waals surface area contributed by atoms with E-state index < -0.39 is 5.91 Å². The van der Waals surface area contributed by atoms with E-state index in [0.717, 1.165) is 5.56 Å². The summed E-state index contributed by atoms with van der Waals surface area (Å²) >= 11 is 0. The molecule has 0 unspecified atom stereocenters. The summed E-state index contributed by atoms with van der Waals surface area (Å²) in [7, 11) is 0. The largest absolute Gasteiger partial charge is 0.484 e. The average molecular weight is 245 g/mol. The van der Waals surface area contributed by atoms with Gasteiger partial charge in [0.1, 0.15) is 11.5 Å². The average Bonchev–Trinajstić information content (AvgIpc) is 2.85. The summed E-state index contributed by atoms with van der Waals surface area (Å²) in [5.74, 6) is 0.887. The summed E-state index contributed by atoms with van der Waals surface area (Å²) in [4.78, 5) is 21.0. The van der Waals surface area contributed by atoms with Crippen LogP contribution in [0.2, 0.25) is 0 Å². The van der Waals surface area contributed by atoms with Gasteiger partial charge < -0.3 is 14.9 Å². The lowest BCUT2D eigenvalue weighted by Gasteiger charge is -2.03. The summed E-state index contributed by atoms with van der Waals surface area (Å²) in [5.41, 5.74) is 5.78. The molecule has 0 spiro atoms. The van der Waals surface area contributed by atoms with E-state index in [0.29, 0.717) is 17.8 Å². The fourth-order valence-corrected chi connectivity index (χ4v) is 1.44. The molecule has 0 bridgehead atoms. The van der Waals surface area contributed by atoms with E-state index in [9.17, 15) is 9.59 Å². The van der Waals surface area contributed by atoms with E-state index in [-0.39, 0.29) is 12.4 Å². The van der Waals surface area contributed by atoms with Crippen molar-refractivity contribution in [3.8, 4) is 17.1 Å². The van der Waals surface area contributed by atoms with Gasteiger partial charge in [0.15, 0.2) is 18.7 Å². The van der Waals surface area contributed by atoms with E-state index in [4.69, 9.17) is 14.9 Å². The molecule has 5 heteroatoms. The number of hydrogen-bond donors (Lipinski definition) is 1. The predicted molar refractivity (Wildman–Crippen MR) is 64.2 cm³/mol. The Morgan fingerprint density at radius 1 is 1.22 bits per heavy atom. The number of amides is 1. The van der Waals surface area contributed by atoms with Crippen molar-refractivity contribution in [2.24, 2.45) is 5.73 Å². The molecule has 1 aromatic carbocycles. The summed E-state index contributed by atoms with van der Waals surface area (Å²) in [6, 6.07) is 10.2. The number of aldehydes is 1. The number of hydrogen-bond acceptors (Lipinski definition) is 4. The maximum absolute atomic E-state index is 10.5. The molecular weight excluding hydrogens is 234 g/mol. The minimum atomic E-state index is -0.527. The first-order valence-electron chi connectivity index (χ1n) is 5.25. The molecule has 0 aliphatic carbocycles. The highest BCUT2D eigenvalue weighted by atomic mass is 16.5. The Balaban J connectivity index is 2.11. The van der Waals surface area contributed by atoms with Gasteiger partial charge >= 0.3 is 0 Å².